The highest BCUT2D eigenvalue weighted by molar-refractivity contribution is 5.96. The Morgan fingerprint density at radius 3 is 2.33 bits per heavy atom. The minimum absolute atomic E-state index is 0.0348. The Balaban J connectivity index is 3.99. The van der Waals surface area contributed by atoms with Gasteiger partial charge in [0.25, 0.3) is 0 Å². The number of carboxylic acid groups (broad SMARTS) is 1. The number of hydrogen-bond acceptors (Lipinski definition) is 4. The van der Waals surface area contributed by atoms with Crippen LogP contribution in [0.15, 0.2) is 12.2 Å². The van der Waals surface area contributed by atoms with Crippen LogP contribution in [-0.4, -0.2) is 42.4 Å². The second-order valence-electron chi connectivity index (χ2n) is 2.87. The summed E-state index contributed by atoms with van der Waals surface area (Å²) in [5.74, 6) is -1.78. The number of nitrogens with one attached hydrogen (secondary N) is 2. The van der Waals surface area contributed by atoms with Gasteiger partial charge in [0.2, 0.25) is 5.91 Å². The molecule has 0 unspecified atom stereocenters. The number of carbonyl (C=O) groups excluding carboxylic acids is 2. The van der Waals surface area contributed by atoms with Gasteiger partial charge in [0.1, 0.15) is 6.04 Å². The van der Waals surface area contributed by atoms with E-state index in [0.717, 1.165) is 12.2 Å². The Bertz CT molecular complexity index is 286. The van der Waals surface area contributed by atoms with Crippen molar-refractivity contribution < 1.29 is 19.5 Å². The van der Waals surface area contributed by atoms with Crippen LogP contribution in [0.2, 0.25) is 0 Å². The summed E-state index contributed by atoms with van der Waals surface area (Å²) in [5.41, 5.74) is 0. The lowest BCUT2D eigenvalue weighted by atomic mass is 10.3. The standard InChI is InChI=1S/C9H14N2O4/c1-6(12)3-4-8(13)11-5-7(10-2)9(14)15/h3-4,7,10H,5H2,1-2H3,(H,11,13)(H,14,15)/b4-3+/t7-/m0/s1. The van der Waals surface area contributed by atoms with Crippen molar-refractivity contribution in [2.75, 3.05) is 13.6 Å². The van der Waals surface area contributed by atoms with Gasteiger partial charge in [0, 0.05) is 12.6 Å². The van der Waals surface area contributed by atoms with Gasteiger partial charge in [0.05, 0.1) is 0 Å². The molecule has 3 N–H and O–H groups in total. The van der Waals surface area contributed by atoms with Gasteiger partial charge in [-0.15, -0.1) is 0 Å². The van der Waals surface area contributed by atoms with E-state index in [0.29, 0.717) is 0 Å². The topological polar surface area (TPSA) is 95.5 Å². The molecule has 0 aliphatic rings. The normalized spacial score (nSPS) is 12.4. The van der Waals surface area contributed by atoms with Crippen molar-refractivity contribution in [1.82, 2.24) is 10.6 Å². The summed E-state index contributed by atoms with van der Waals surface area (Å²) in [7, 11) is 1.48. The molecule has 0 bridgehead atoms. The third-order valence-corrected chi connectivity index (χ3v) is 1.60. The van der Waals surface area contributed by atoms with Crippen LogP contribution >= 0.6 is 0 Å². The first-order valence-electron chi connectivity index (χ1n) is 4.34. The zero-order valence-electron chi connectivity index (χ0n) is 8.61. The number of carbonyl (C=O) groups is 3. The minimum atomic E-state index is -1.05. The van der Waals surface area contributed by atoms with Gasteiger partial charge in [-0.25, -0.2) is 0 Å². The number of rotatable bonds is 6. The van der Waals surface area contributed by atoms with Gasteiger partial charge in [0.15, 0.2) is 5.78 Å². The van der Waals surface area contributed by atoms with Gasteiger partial charge in [-0.2, -0.15) is 0 Å². The molecule has 0 fully saturated rings. The molecule has 0 rings (SSSR count). The van der Waals surface area contributed by atoms with Crippen LogP contribution in [0.1, 0.15) is 6.92 Å². The van der Waals surface area contributed by atoms with E-state index in [1.54, 1.807) is 0 Å². The highest BCUT2D eigenvalue weighted by Crippen LogP contribution is 1.82. The maximum atomic E-state index is 11.0. The molecule has 0 saturated carbocycles. The zero-order valence-corrected chi connectivity index (χ0v) is 8.61. The maximum absolute atomic E-state index is 11.0. The Morgan fingerprint density at radius 1 is 1.33 bits per heavy atom. The molecule has 0 aliphatic heterocycles. The average molecular weight is 214 g/mol. The molecule has 0 aromatic carbocycles. The molecule has 1 amide bonds. The predicted octanol–water partition coefficient (Wildman–Crippen LogP) is -1.08. The van der Waals surface area contributed by atoms with Crippen molar-refractivity contribution in [3.8, 4) is 0 Å². The molecule has 0 aromatic rings. The molecule has 0 aliphatic carbocycles. The Labute approximate surface area is 87.3 Å². The highest BCUT2D eigenvalue weighted by atomic mass is 16.4. The summed E-state index contributed by atoms with van der Waals surface area (Å²) >= 11 is 0. The number of allylic oxidation sites excluding steroid dienone is 1. The van der Waals surface area contributed by atoms with Gasteiger partial charge in [-0.05, 0) is 20.0 Å². The number of carboxylic acids is 1. The van der Waals surface area contributed by atoms with Gasteiger partial charge in [-0.3, -0.25) is 14.4 Å². The van der Waals surface area contributed by atoms with E-state index in [4.69, 9.17) is 5.11 Å². The van der Waals surface area contributed by atoms with E-state index < -0.39 is 17.9 Å². The van der Waals surface area contributed by atoms with Crippen molar-refractivity contribution in [2.24, 2.45) is 0 Å². The fraction of sp³-hybridized carbons (Fsp3) is 0.444. The first-order chi connectivity index (χ1) is 6.97. The van der Waals surface area contributed by atoms with E-state index >= 15 is 0 Å². The molecule has 1 atom stereocenters. The van der Waals surface area contributed by atoms with Crippen molar-refractivity contribution in [1.29, 1.82) is 0 Å². The molecule has 15 heavy (non-hydrogen) atoms. The number of hydrogen-bond donors (Lipinski definition) is 3. The maximum Gasteiger partial charge on any atom is 0.322 e. The molecule has 6 heteroatoms. The monoisotopic (exact) mass is 214 g/mol. The van der Waals surface area contributed by atoms with Crippen molar-refractivity contribution >= 4 is 17.7 Å². The summed E-state index contributed by atoms with van der Waals surface area (Å²) in [6.07, 6.45) is 2.18. The number of ketones is 1. The van der Waals surface area contributed by atoms with Crippen LogP contribution in [0.4, 0.5) is 0 Å². The number of aliphatic carboxylic acids is 1. The smallest absolute Gasteiger partial charge is 0.322 e. The summed E-state index contributed by atoms with van der Waals surface area (Å²) in [4.78, 5) is 32.0. The summed E-state index contributed by atoms with van der Waals surface area (Å²) < 4.78 is 0. The zero-order chi connectivity index (χ0) is 11.8. The molecule has 84 valence electrons. The third kappa shape index (κ3) is 6.39. The molecular formula is C9H14N2O4. The number of likely N-dealkylation sites (N-methyl/N-ethyl adjacent to an activating group) is 1. The van der Waals surface area contributed by atoms with Crippen LogP contribution in [-0.2, 0) is 14.4 Å². The van der Waals surface area contributed by atoms with Crippen molar-refractivity contribution in [3.63, 3.8) is 0 Å². The average Bonchev–Trinajstić information content (AvgIpc) is 2.15. The third-order valence-electron chi connectivity index (χ3n) is 1.60. The summed E-state index contributed by atoms with van der Waals surface area (Å²) in [5, 5.41) is 13.5. The van der Waals surface area contributed by atoms with Gasteiger partial charge >= 0.3 is 5.97 Å². The van der Waals surface area contributed by atoms with Crippen molar-refractivity contribution in [2.45, 2.75) is 13.0 Å². The van der Waals surface area contributed by atoms with Crippen LogP contribution in [0.3, 0.4) is 0 Å². The van der Waals surface area contributed by atoms with Crippen LogP contribution in [0.25, 0.3) is 0 Å². The molecule has 0 aromatic heterocycles. The van der Waals surface area contributed by atoms with Crippen LogP contribution in [0.5, 0.6) is 0 Å². The first kappa shape index (κ1) is 13.3. The molecule has 6 nitrogen and oxygen atoms in total. The molecule has 0 spiro atoms. The molecule has 0 radical (unpaired) electrons. The van der Waals surface area contributed by atoms with Crippen molar-refractivity contribution in [3.05, 3.63) is 12.2 Å². The van der Waals surface area contributed by atoms with Gasteiger partial charge < -0.3 is 15.7 Å². The van der Waals surface area contributed by atoms with E-state index in [2.05, 4.69) is 10.6 Å². The first-order valence-corrected chi connectivity index (χ1v) is 4.34. The molecule has 0 saturated heterocycles. The van der Waals surface area contributed by atoms with E-state index in [-0.39, 0.29) is 12.3 Å². The minimum Gasteiger partial charge on any atom is -0.480 e. The van der Waals surface area contributed by atoms with Gasteiger partial charge in [-0.1, -0.05) is 0 Å². The van der Waals surface area contributed by atoms with E-state index in [9.17, 15) is 14.4 Å². The number of amides is 1. The van der Waals surface area contributed by atoms with Crippen LogP contribution < -0.4 is 10.6 Å². The largest absolute Gasteiger partial charge is 0.480 e. The summed E-state index contributed by atoms with van der Waals surface area (Å²) in [6, 6.07) is -0.834. The van der Waals surface area contributed by atoms with E-state index in [1.807, 2.05) is 0 Å². The molecular weight excluding hydrogens is 200 g/mol. The predicted molar refractivity (Wildman–Crippen MR) is 53.3 cm³/mol. The SMILES string of the molecule is CN[C@@H](CNC(=O)/C=C/C(C)=O)C(=O)O. The Morgan fingerprint density at radius 2 is 1.93 bits per heavy atom. The van der Waals surface area contributed by atoms with E-state index in [1.165, 1.54) is 14.0 Å². The summed E-state index contributed by atoms with van der Waals surface area (Å²) in [6.45, 7) is 1.28. The second kappa shape index (κ2) is 6.72. The molecule has 0 heterocycles. The highest BCUT2D eigenvalue weighted by Gasteiger charge is 2.14. The van der Waals surface area contributed by atoms with Crippen LogP contribution in [0, 0.1) is 0 Å². The lowest BCUT2D eigenvalue weighted by Crippen LogP contribution is -2.44. The fourth-order valence-corrected chi connectivity index (χ4v) is 0.767. The second-order valence-corrected chi connectivity index (χ2v) is 2.87. The lowest BCUT2D eigenvalue weighted by molar-refractivity contribution is -0.139. The Kier molecular flexibility index (Phi) is 5.96. The lowest BCUT2D eigenvalue weighted by Gasteiger charge is -2.10. The quantitative estimate of drug-likeness (QED) is 0.489. The Hall–Kier alpha value is -1.69. The fourth-order valence-electron chi connectivity index (χ4n) is 0.767.